The molecule has 1 aromatic heterocycles. The summed E-state index contributed by atoms with van der Waals surface area (Å²) in [6, 6.07) is 2.06. The molecule has 0 spiro atoms. The summed E-state index contributed by atoms with van der Waals surface area (Å²) < 4.78 is 27.9. The standard InChI is InChI=1S/C17H34N6O2S/c1-6-18-17(20-11-13-26(24,25)22(7-2)8-3)19-10-9-12-23-16(5)14-15(4)21-23/h14H,6-13H2,1-5H3,(H2,18,19,20). The number of hydrogen-bond acceptors (Lipinski definition) is 4. The summed E-state index contributed by atoms with van der Waals surface area (Å²) in [5, 5.41) is 10.7. The number of aryl methyl sites for hydroxylation is 3. The van der Waals surface area contributed by atoms with Crippen molar-refractivity contribution in [2.24, 2.45) is 4.99 Å². The highest BCUT2D eigenvalue weighted by Crippen LogP contribution is 2.03. The van der Waals surface area contributed by atoms with Crippen LogP contribution in [0.4, 0.5) is 0 Å². The van der Waals surface area contributed by atoms with Gasteiger partial charge in [0, 0.05) is 45.0 Å². The molecule has 0 aliphatic carbocycles. The van der Waals surface area contributed by atoms with Gasteiger partial charge in [0.05, 0.1) is 11.4 Å². The van der Waals surface area contributed by atoms with Crippen molar-refractivity contribution in [1.29, 1.82) is 0 Å². The number of aliphatic imine (C=N–C) groups is 1. The van der Waals surface area contributed by atoms with Crippen LogP contribution in [0.25, 0.3) is 0 Å². The fourth-order valence-corrected chi connectivity index (χ4v) is 4.10. The molecule has 0 atom stereocenters. The van der Waals surface area contributed by atoms with Crippen LogP contribution >= 0.6 is 0 Å². The molecule has 9 heteroatoms. The van der Waals surface area contributed by atoms with Crippen LogP contribution in [0.3, 0.4) is 0 Å². The predicted molar refractivity (Wildman–Crippen MR) is 107 cm³/mol. The van der Waals surface area contributed by atoms with E-state index in [-0.39, 0.29) is 5.75 Å². The summed E-state index contributed by atoms with van der Waals surface area (Å²) in [5.74, 6) is 0.709. The minimum atomic E-state index is -3.22. The molecule has 2 N–H and O–H groups in total. The molecule has 0 aliphatic heterocycles. The summed E-state index contributed by atoms with van der Waals surface area (Å²) in [7, 11) is -3.22. The minimum Gasteiger partial charge on any atom is -0.357 e. The van der Waals surface area contributed by atoms with Gasteiger partial charge in [-0.3, -0.25) is 9.67 Å². The Morgan fingerprint density at radius 3 is 2.46 bits per heavy atom. The monoisotopic (exact) mass is 386 g/mol. The first-order chi connectivity index (χ1) is 12.3. The van der Waals surface area contributed by atoms with Crippen molar-refractivity contribution in [2.75, 3.05) is 38.5 Å². The zero-order chi connectivity index (χ0) is 19.6. The van der Waals surface area contributed by atoms with Gasteiger partial charge in [0.2, 0.25) is 10.0 Å². The summed E-state index contributed by atoms with van der Waals surface area (Å²) in [6.07, 6.45) is 0.871. The number of nitrogens with one attached hydrogen (secondary N) is 2. The number of rotatable bonds is 11. The minimum absolute atomic E-state index is 0.0604. The highest BCUT2D eigenvalue weighted by Gasteiger charge is 2.18. The van der Waals surface area contributed by atoms with E-state index in [9.17, 15) is 8.42 Å². The Bertz CT molecular complexity index is 665. The Morgan fingerprint density at radius 1 is 1.23 bits per heavy atom. The van der Waals surface area contributed by atoms with E-state index in [0.717, 1.165) is 30.9 Å². The number of guanidine groups is 1. The van der Waals surface area contributed by atoms with Gasteiger partial charge in [0.15, 0.2) is 5.96 Å². The Labute approximate surface area is 158 Å². The summed E-state index contributed by atoms with van der Waals surface area (Å²) in [5.41, 5.74) is 2.17. The lowest BCUT2D eigenvalue weighted by molar-refractivity contribution is 0.445. The highest BCUT2D eigenvalue weighted by atomic mass is 32.2. The first-order valence-corrected chi connectivity index (χ1v) is 11.0. The average Bonchev–Trinajstić information content (AvgIpc) is 2.89. The van der Waals surface area contributed by atoms with E-state index < -0.39 is 10.0 Å². The molecule has 0 unspecified atom stereocenters. The van der Waals surface area contributed by atoms with Crippen molar-refractivity contribution in [2.45, 2.75) is 47.6 Å². The van der Waals surface area contributed by atoms with E-state index in [1.165, 1.54) is 4.31 Å². The van der Waals surface area contributed by atoms with E-state index in [4.69, 9.17) is 0 Å². The first kappa shape index (κ1) is 22.4. The topological polar surface area (TPSA) is 91.6 Å². The van der Waals surface area contributed by atoms with Gasteiger partial charge < -0.3 is 10.6 Å². The van der Waals surface area contributed by atoms with Crippen LogP contribution in [0, 0.1) is 13.8 Å². The van der Waals surface area contributed by atoms with Gasteiger partial charge in [-0.2, -0.15) is 5.10 Å². The van der Waals surface area contributed by atoms with Crippen LogP contribution in [0.15, 0.2) is 11.1 Å². The molecular weight excluding hydrogens is 352 g/mol. The average molecular weight is 387 g/mol. The zero-order valence-electron chi connectivity index (χ0n) is 16.7. The number of sulfonamides is 1. The number of nitrogens with zero attached hydrogens (tertiary/aromatic N) is 4. The van der Waals surface area contributed by atoms with Gasteiger partial charge in [-0.1, -0.05) is 13.8 Å². The molecule has 0 saturated heterocycles. The van der Waals surface area contributed by atoms with E-state index in [1.807, 2.05) is 39.3 Å². The second-order valence-electron chi connectivity index (χ2n) is 6.09. The van der Waals surface area contributed by atoms with E-state index in [2.05, 4.69) is 26.8 Å². The van der Waals surface area contributed by atoms with Gasteiger partial charge in [-0.25, -0.2) is 12.7 Å². The molecule has 0 aromatic carbocycles. The molecule has 26 heavy (non-hydrogen) atoms. The van der Waals surface area contributed by atoms with E-state index >= 15 is 0 Å². The van der Waals surface area contributed by atoms with Gasteiger partial charge in [0.25, 0.3) is 0 Å². The molecule has 8 nitrogen and oxygen atoms in total. The molecule has 1 heterocycles. The van der Waals surface area contributed by atoms with Crippen molar-refractivity contribution in [3.05, 3.63) is 17.5 Å². The summed E-state index contributed by atoms with van der Waals surface area (Å²) >= 11 is 0. The van der Waals surface area contributed by atoms with Gasteiger partial charge in [-0.05, 0) is 33.3 Å². The molecule has 0 saturated carbocycles. The maximum atomic E-state index is 12.2. The van der Waals surface area contributed by atoms with E-state index in [1.54, 1.807) is 0 Å². The maximum absolute atomic E-state index is 12.2. The smallest absolute Gasteiger partial charge is 0.215 e. The van der Waals surface area contributed by atoms with E-state index in [0.29, 0.717) is 32.1 Å². The maximum Gasteiger partial charge on any atom is 0.215 e. The molecule has 0 aliphatic rings. The van der Waals surface area contributed by atoms with Crippen LogP contribution in [-0.2, 0) is 16.6 Å². The highest BCUT2D eigenvalue weighted by molar-refractivity contribution is 7.89. The zero-order valence-corrected chi connectivity index (χ0v) is 17.6. The summed E-state index contributed by atoms with van der Waals surface area (Å²) in [4.78, 5) is 4.51. The lowest BCUT2D eigenvalue weighted by Crippen LogP contribution is -2.42. The first-order valence-electron chi connectivity index (χ1n) is 9.35. The fourth-order valence-electron chi connectivity index (χ4n) is 2.70. The Kier molecular flexibility index (Phi) is 9.64. The second-order valence-corrected chi connectivity index (χ2v) is 8.18. The summed E-state index contributed by atoms with van der Waals surface area (Å²) in [6.45, 7) is 13.2. The Morgan fingerprint density at radius 2 is 1.92 bits per heavy atom. The fraction of sp³-hybridized carbons (Fsp3) is 0.765. The second kappa shape index (κ2) is 11.2. The molecule has 0 radical (unpaired) electrons. The van der Waals surface area contributed by atoms with Crippen molar-refractivity contribution >= 4 is 16.0 Å². The number of aromatic nitrogens is 2. The van der Waals surface area contributed by atoms with Crippen molar-refractivity contribution < 1.29 is 8.42 Å². The SMILES string of the molecule is CCNC(=NCCCn1nc(C)cc1C)NCCS(=O)(=O)N(CC)CC. The van der Waals surface area contributed by atoms with Crippen LogP contribution in [0.2, 0.25) is 0 Å². The van der Waals surface area contributed by atoms with Crippen LogP contribution in [0.5, 0.6) is 0 Å². The van der Waals surface area contributed by atoms with Gasteiger partial charge in [-0.15, -0.1) is 0 Å². The van der Waals surface area contributed by atoms with Gasteiger partial charge in [0.1, 0.15) is 0 Å². The molecular formula is C17H34N6O2S. The predicted octanol–water partition coefficient (Wildman–Crippen LogP) is 1.12. The van der Waals surface area contributed by atoms with Crippen molar-refractivity contribution in [3.63, 3.8) is 0 Å². The molecule has 1 rings (SSSR count). The third-order valence-electron chi connectivity index (χ3n) is 4.00. The van der Waals surface area contributed by atoms with Crippen molar-refractivity contribution in [3.8, 4) is 0 Å². The van der Waals surface area contributed by atoms with Crippen molar-refractivity contribution in [1.82, 2.24) is 24.7 Å². The van der Waals surface area contributed by atoms with Gasteiger partial charge >= 0.3 is 0 Å². The van der Waals surface area contributed by atoms with Crippen LogP contribution in [-0.4, -0.2) is 66.9 Å². The lowest BCUT2D eigenvalue weighted by Gasteiger charge is -2.19. The third kappa shape index (κ3) is 7.33. The molecule has 0 amide bonds. The normalized spacial score (nSPS) is 12.6. The molecule has 1 aromatic rings. The molecule has 0 bridgehead atoms. The molecule has 150 valence electrons. The Hall–Kier alpha value is -1.61. The van der Waals surface area contributed by atoms with Crippen LogP contribution in [0.1, 0.15) is 38.6 Å². The third-order valence-corrected chi connectivity index (χ3v) is 6.02. The Balaban J connectivity index is 2.47. The van der Waals surface area contributed by atoms with Crippen LogP contribution < -0.4 is 10.6 Å². The molecule has 0 fully saturated rings. The largest absolute Gasteiger partial charge is 0.357 e. The quantitative estimate of drug-likeness (QED) is 0.338. The lowest BCUT2D eigenvalue weighted by atomic mass is 10.4. The number of hydrogen-bond donors (Lipinski definition) is 2.